The molecule has 21 heavy (non-hydrogen) atoms. The van der Waals surface area contributed by atoms with Crippen LogP contribution in [-0.4, -0.2) is 17.5 Å². The molecule has 2 rings (SSSR count). The molecule has 4 heteroatoms. The van der Waals surface area contributed by atoms with Gasteiger partial charge in [0, 0.05) is 12.1 Å². The normalized spacial score (nSPS) is 10.4. The number of carbonyl (C=O) groups is 1. The van der Waals surface area contributed by atoms with Crippen molar-refractivity contribution in [3.8, 4) is 17.0 Å². The summed E-state index contributed by atoms with van der Waals surface area (Å²) in [4.78, 5) is 23.2. The largest absolute Gasteiger partial charge is 0.494 e. The summed E-state index contributed by atoms with van der Waals surface area (Å²) in [6.07, 6.45) is 1.43. The summed E-state index contributed by atoms with van der Waals surface area (Å²) < 4.78 is 7.15. The Balaban J connectivity index is 2.57. The highest BCUT2D eigenvalue weighted by atomic mass is 16.5. The standard InChI is InChI=1S/C17H19NO3/c1-3-10-18-16(9-8-14(12-19)17(18)20)13-6-5-7-15(11-13)21-4-2/h5-9,11-12H,3-4,10H2,1-2H3. The van der Waals surface area contributed by atoms with E-state index in [9.17, 15) is 9.59 Å². The first-order valence-corrected chi connectivity index (χ1v) is 7.13. The van der Waals surface area contributed by atoms with E-state index in [-0.39, 0.29) is 11.1 Å². The molecule has 0 aliphatic heterocycles. The van der Waals surface area contributed by atoms with E-state index >= 15 is 0 Å². The number of pyridine rings is 1. The van der Waals surface area contributed by atoms with E-state index in [0.29, 0.717) is 19.4 Å². The molecule has 0 aliphatic rings. The summed E-state index contributed by atoms with van der Waals surface area (Å²) in [5, 5.41) is 0. The molecule has 2 aromatic rings. The molecule has 0 radical (unpaired) electrons. The van der Waals surface area contributed by atoms with Gasteiger partial charge in [-0.1, -0.05) is 19.1 Å². The molecule has 110 valence electrons. The number of hydrogen-bond donors (Lipinski definition) is 0. The molecule has 0 amide bonds. The van der Waals surface area contributed by atoms with Crippen molar-refractivity contribution < 1.29 is 9.53 Å². The monoisotopic (exact) mass is 285 g/mol. The number of rotatable bonds is 6. The Hall–Kier alpha value is -2.36. The van der Waals surface area contributed by atoms with Gasteiger partial charge < -0.3 is 9.30 Å². The molecule has 0 spiro atoms. The highest BCUT2D eigenvalue weighted by Gasteiger charge is 2.10. The average Bonchev–Trinajstić information content (AvgIpc) is 2.50. The van der Waals surface area contributed by atoms with Crippen molar-refractivity contribution >= 4 is 6.29 Å². The lowest BCUT2D eigenvalue weighted by Crippen LogP contribution is -2.24. The number of carbonyl (C=O) groups excluding carboxylic acids is 1. The van der Waals surface area contributed by atoms with Gasteiger partial charge in [0.15, 0.2) is 6.29 Å². The van der Waals surface area contributed by atoms with Crippen LogP contribution in [0.15, 0.2) is 41.2 Å². The molecule has 4 nitrogen and oxygen atoms in total. The van der Waals surface area contributed by atoms with Gasteiger partial charge in [-0.2, -0.15) is 0 Å². The van der Waals surface area contributed by atoms with E-state index in [2.05, 4.69) is 0 Å². The number of aldehydes is 1. The molecule has 1 heterocycles. The van der Waals surface area contributed by atoms with Crippen LogP contribution in [0.4, 0.5) is 0 Å². The van der Waals surface area contributed by atoms with E-state index in [4.69, 9.17) is 4.74 Å². The SMILES string of the molecule is CCCn1c(-c2cccc(OCC)c2)ccc(C=O)c1=O. The maximum absolute atomic E-state index is 12.3. The lowest BCUT2D eigenvalue weighted by Gasteiger charge is -2.14. The van der Waals surface area contributed by atoms with E-state index in [1.807, 2.05) is 44.2 Å². The van der Waals surface area contributed by atoms with Gasteiger partial charge in [-0.3, -0.25) is 9.59 Å². The number of benzene rings is 1. The van der Waals surface area contributed by atoms with E-state index < -0.39 is 0 Å². The lowest BCUT2D eigenvalue weighted by molar-refractivity contribution is 0.112. The molecule has 0 bridgehead atoms. The number of nitrogens with zero attached hydrogens (tertiary/aromatic N) is 1. The first-order chi connectivity index (χ1) is 10.2. The minimum absolute atomic E-state index is 0.188. The molecular formula is C17H19NO3. The van der Waals surface area contributed by atoms with Gasteiger partial charge in [0.1, 0.15) is 5.75 Å². The van der Waals surface area contributed by atoms with Gasteiger partial charge in [0.2, 0.25) is 0 Å². The Kier molecular flexibility index (Phi) is 4.93. The van der Waals surface area contributed by atoms with Crippen molar-refractivity contribution in [3.63, 3.8) is 0 Å². The highest BCUT2D eigenvalue weighted by Crippen LogP contribution is 2.23. The zero-order chi connectivity index (χ0) is 15.2. The smallest absolute Gasteiger partial charge is 0.261 e. The second kappa shape index (κ2) is 6.88. The second-order valence-corrected chi connectivity index (χ2v) is 4.71. The van der Waals surface area contributed by atoms with Crippen LogP contribution in [0.25, 0.3) is 11.3 Å². The van der Waals surface area contributed by atoms with Crippen LogP contribution < -0.4 is 10.3 Å². The van der Waals surface area contributed by atoms with Crippen molar-refractivity contribution in [1.82, 2.24) is 4.57 Å². The fourth-order valence-electron chi connectivity index (χ4n) is 2.29. The zero-order valence-electron chi connectivity index (χ0n) is 12.3. The molecule has 1 aromatic carbocycles. The quantitative estimate of drug-likeness (QED) is 0.766. The maximum atomic E-state index is 12.3. The van der Waals surface area contributed by atoms with Crippen LogP contribution in [0.2, 0.25) is 0 Å². The van der Waals surface area contributed by atoms with Gasteiger partial charge in [-0.15, -0.1) is 0 Å². The summed E-state index contributed by atoms with van der Waals surface area (Å²) in [6.45, 7) is 5.10. The minimum atomic E-state index is -0.244. The van der Waals surface area contributed by atoms with Crippen LogP contribution in [-0.2, 0) is 6.54 Å². The third kappa shape index (κ3) is 3.21. The summed E-state index contributed by atoms with van der Waals surface area (Å²) in [6, 6.07) is 11.0. The van der Waals surface area contributed by atoms with Gasteiger partial charge in [0.25, 0.3) is 5.56 Å². The number of aromatic nitrogens is 1. The molecule has 0 aliphatic carbocycles. The molecule has 0 saturated heterocycles. The predicted molar refractivity (Wildman–Crippen MR) is 83.0 cm³/mol. The minimum Gasteiger partial charge on any atom is -0.494 e. The Morgan fingerprint density at radius 2 is 2.00 bits per heavy atom. The van der Waals surface area contributed by atoms with Gasteiger partial charge >= 0.3 is 0 Å². The molecule has 0 fully saturated rings. The van der Waals surface area contributed by atoms with Gasteiger partial charge in [-0.25, -0.2) is 0 Å². The third-order valence-electron chi connectivity index (χ3n) is 3.22. The first kappa shape index (κ1) is 15.0. The summed E-state index contributed by atoms with van der Waals surface area (Å²) in [5.74, 6) is 0.768. The molecular weight excluding hydrogens is 266 g/mol. The van der Waals surface area contributed by atoms with E-state index in [1.54, 1.807) is 10.6 Å². The second-order valence-electron chi connectivity index (χ2n) is 4.71. The maximum Gasteiger partial charge on any atom is 0.261 e. The van der Waals surface area contributed by atoms with Crippen LogP contribution in [0.5, 0.6) is 5.75 Å². The first-order valence-electron chi connectivity index (χ1n) is 7.13. The van der Waals surface area contributed by atoms with Gasteiger partial charge in [0.05, 0.1) is 17.9 Å². The Morgan fingerprint density at radius 3 is 2.67 bits per heavy atom. The predicted octanol–water partition coefficient (Wildman–Crippen LogP) is 3.14. The topological polar surface area (TPSA) is 48.3 Å². The Bertz CT molecular complexity index is 689. The molecule has 0 unspecified atom stereocenters. The van der Waals surface area contributed by atoms with Gasteiger partial charge in [-0.05, 0) is 37.6 Å². The average molecular weight is 285 g/mol. The molecule has 0 atom stereocenters. The molecule has 0 saturated carbocycles. The van der Waals surface area contributed by atoms with Crippen molar-refractivity contribution in [2.75, 3.05) is 6.61 Å². The summed E-state index contributed by atoms with van der Waals surface area (Å²) in [7, 11) is 0. The summed E-state index contributed by atoms with van der Waals surface area (Å²) in [5.41, 5.74) is 1.65. The third-order valence-corrected chi connectivity index (χ3v) is 3.22. The summed E-state index contributed by atoms with van der Waals surface area (Å²) >= 11 is 0. The fraction of sp³-hybridized carbons (Fsp3) is 0.294. The van der Waals surface area contributed by atoms with E-state index in [0.717, 1.165) is 23.4 Å². The van der Waals surface area contributed by atoms with E-state index in [1.165, 1.54) is 0 Å². The van der Waals surface area contributed by atoms with Crippen molar-refractivity contribution in [2.45, 2.75) is 26.8 Å². The fourth-order valence-corrected chi connectivity index (χ4v) is 2.29. The van der Waals surface area contributed by atoms with Crippen molar-refractivity contribution in [1.29, 1.82) is 0 Å². The van der Waals surface area contributed by atoms with Crippen LogP contribution in [0.1, 0.15) is 30.6 Å². The van der Waals surface area contributed by atoms with Crippen LogP contribution >= 0.6 is 0 Å². The highest BCUT2D eigenvalue weighted by molar-refractivity contribution is 5.75. The Morgan fingerprint density at radius 1 is 1.19 bits per heavy atom. The lowest BCUT2D eigenvalue weighted by atomic mass is 10.1. The zero-order valence-corrected chi connectivity index (χ0v) is 12.3. The molecule has 1 aromatic heterocycles. The Labute approximate surface area is 124 Å². The molecule has 0 N–H and O–H groups in total. The number of hydrogen-bond acceptors (Lipinski definition) is 3. The van der Waals surface area contributed by atoms with Crippen molar-refractivity contribution in [2.24, 2.45) is 0 Å². The van der Waals surface area contributed by atoms with Crippen molar-refractivity contribution in [3.05, 3.63) is 52.3 Å². The number of ether oxygens (including phenoxy) is 1. The van der Waals surface area contributed by atoms with Crippen LogP contribution in [0, 0.1) is 0 Å². The van der Waals surface area contributed by atoms with Crippen LogP contribution in [0.3, 0.4) is 0 Å².